The summed E-state index contributed by atoms with van der Waals surface area (Å²) in [7, 11) is 0. The molecule has 1 fully saturated rings. The van der Waals surface area contributed by atoms with Gasteiger partial charge in [-0.3, -0.25) is 0 Å². The molecule has 0 aliphatic heterocycles. The topological polar surface area (TPSA) is 61.4 Å². The fraction of sp³-hybridized carbons (Fsp3) is 0.533. The molecule has 5 heteroatoms. The molecule has 1 aliphatic carbocycles. The van der Waals surface area contributed by atoms with Crippen molar-refractivity contribution in [2.24, 2.45) is 0 Å². The van der Waals surface area contributed by atoms with Gasteiger partial charge in [0.05, 0.1) is 6.10 Å². The van der Waals surface area contributed by atoms with Crippen LogP contribution in [0.2, 0.25) is 5.02 Å². The second-order valence-corrected chi connectivity index (χ2v) is 5.72. The maximum atomic E-state index is 11.7. The highest BCUT2D eigenvalue weighted by molar-refractivity contribution is 6.30. The van der Waals surface area contributed by atoms with Crippen molar-refractivity contribution < 1.29 is 9.90 Å². The van der Waals surface area contributed by atoms with E-state index in [1.54, 1.807) is 0 Å². The lowest BCUT2D eigenvalue weighted by molar-refractivity contribution is 0.117. The minimum atomic E-state index is -0.194. The van der Waals surface area contributed by atoms with Gasteiger partial charge in [0.25, 0.3) is 0 Å². The minimum Gasteiger partial charge on any atom is -0.393 e. The Hall–Kier alpha value is -1.26. The van der Waals surface area contributed by atoms with E-state index in [0.29, 0.717) is 6.54 Å². The molecule has 1 aliphatic rings. The third-order valence-corrected chi connectivity index (χ3v) is 3.90. The normalized spacial score (nSPS) is 22.3. The van der Waals surface area contributed by atoms with Crippen LogP contribution < -0.4 is 10.6 Å². The van der Waals surface area contributed by atoms with Crippen LogP contribution in [0.4, 0.5) is 4.79 Å². The fourth-order valence-electron chi connectivity index (χ4n) is 2.43. The lowest BCUT2D eigenvalue weighted by Gasteiger charge is -2.26. The maximum Gasteiger partial charge on any atom is 0.315 e. The van der Waals surface area contributed by atoms with Gasteiger partial charge in [-0.15, -0.1) is 0 Å². The van der Waals surface area contributed by atoms with E-state index < -0.39 is 0 Å². The highest BCUT2D eigenvalue weighted by Gasteiger charge is 2.20. The number of rotatable bonds is 4. The van der Waals surface area contributed by atoms with Crippen molar-refractivity contribution in [1.29, 1.82) is 0 Å². The monoisotopic (exact) mass is 296 g/mol. The number of urea groups is 1. The van der Waals surface area contributed by atoms with Crippen LogP contribution in [0.3, 0.4) is 0 Å². The highest BCUT2D eigenvalue weighted by Crippen LogP contribution is 2.18. The van der Waals surface area contributed by atoms with Crippen molar-refractivity contribution in [3.8, 4) is 0 Å². The number of hydrogen-bond acceptors (Lipinski definition) is 2. The van der Waals surface area contributed by atoms with Gasteiger partial charge >= 0.3 is 6.03 Å². The van der Waals surface area contributed by atoms with Gasteiger partial charge in [0.15, 0.2) is 0 Å². The molecule has 0 spiro atoms. The first-order chi connectivity index (χ1) is 9.63. The van der Waals surface area contributed by atoms with Gasteiger partial charge in [-0.1, -0.05) is 23.7 Å². The Morgan fingerprint density at radius 3 is 2.50 bits per heavy atom. The number of aliphatic hydroxyl groups excluding tert-OH is 1. The standard InChI is InChI=1S/C15H21ClN2O2/c16-12-3-1-11(2-4-12)9-10-17-15(20)18-13-5-7-14(19)8-6-13/h1-4,13-14,19H,5-10H2,(H2,17,18,20). The van der Waals surface area contributed by atoms with E-state index in [-0.39, 0.29) is 18.2 Å². The van der Waals surface area contributed by atoms with E-state index in [2.05, 4.69) is 10.6 Å². The number of carbonyl (C=O) groups excluding carboxylic acids is 1. The van der Waals surface area contributed by atoms with Crippen LogP contribution in [0.1, 0.15) is 31.2 Å². The van der Waals surface area contributed by atoms with Crippen molar-refractivity contribution in [3.05, 3.63) is 34.9 Å². The maximum absolute atomic E-state index is 11.7. The van der Waals surface area contributed by atoms with Crippen LogP contribution in [0.15, 0.2) is 24.3 Å². The van der Waals surface area contributed by atoms with E-state index in [1.807, 2.05) is 24.3 Å². The third-order valence-electron chi connectivity index (χ3n) is 3.64. The zero-order valence-corrected chi connectivity index (χ0v) is 12.2. The van der Waals surface area contributed by atoms with Crippen LogP contribution >= 0.6 is 11.6 Å². The Balaban J connectivity index is 1.64. The van der Waals surface area contributed by atoms with Crippen molar-refractivity contribution in [3.63, 3.8) is 0 Å². The molecule has 1 saturated carbocycles. The molecule has 0 aromatic heterocycles. The van der Waals surface area contributed by atoms with E-state index in [0.717, 1.165) is 42.7 Å². The first-order valence-corrected chi connectivity index (χ1v) is 7.48. The predicted molar refractivity (Wildman–Crippen MR) is 80.0 cm³/mol. The summed E-state index contributed by atoms with van der Waals surface area (Å²) < 4.78 is 0. The fourth-order valence-corrected chi connectivity index (χ4v) is 2.55. The average molecular weight is 297 g/mol. The third kappa shape index (κ3) is 5.02. The van der Waals surface area contributed by atoms with E-state index >= 15 is 0 Å². The van der Waals surface area contributed by atoms with Crippen molar-refractivity contribution in [2.75, 3.05) is 6.54 Å². The van der Waals surface area contributed by atoms with Crippen LogP contribution in [0.5, 0.6) is 0 Å². The van der Waals surface area contributed by atoms with Crippen LogP contribution in [0, 0.1) is 0 Å². The Kier molecular flexibility index (Phi) is 5.68. The summed E-state index contributed by atoms with van der Waals surface area (Å²) >= 11 is 5.82. The van der Waals surface area contributed by atoms with E-state index in [1.165, 1.54) is 0 Å². The average Bonchev–Trinajstić information content (AvgIpc) is 2.44. The smallest absolute Gasteiger partial charge is 0.315 e. The molecule has 2 rings (SSSR count). The summed E-state index contributed by atoms with van der Waals surface area (Å²) in [6.07, 6.45) is 3.85. The Labute approximate surface area is 124 Å². The number of carbonyl (C=O) groups is 1. The highest BCUT2D eigenvalue weighted by atomic mass is 35.5. The van der Waals surface area contributed by atoms with Gasteiger partial charge in [-0.2, -0.15) is 0 Å². The van der Waals surface area contributed by atoms with Crippen LogP contribution in [-0.2, 0) is 6.42 Å². The number of halogens is 1. The number of benzene rings is 1. The number of aliphatic hydroxyl groups is 1. The molecule has 0 atom stereocenters. The molecule has 20 heavy (non-hydrogen) atoms. The molecule has 0 heterocycles. The number of nitrogens with one attached hydrogen (secondary N) is 2. The summed E-state index contributed by atoms with van der Waals surface area (Å²) in [6.45, 7) is 0.600. The first-order valence-electron chi connectivity index (χ1n) is 7.10. The lowest BCUT2D eigenvalue weighted by Crippen LogP contribution is -2.44. The molecule has 1 aromatic carbocycles. The zero-order chi connectivity index (χ0) is 14.4. The largest absolute Gasteiger partial charge is 0.393 e. The summed E-state index contributed by atoms with van der Waals surface area (Å²) in [6, 6.07) is 7.69. The summed E-state index contributed by atoms with van der Waals surface area (Å²) in [4.78, 5) is 11.7. The van der Waals surface area contributed by atoms with Gasteiger partial charge in [-0.25, -0.2) is 4.79 Å². The second kappa shape index (κ2) is 7.50. The first kappa shape index (κ1) is 15.1. The van der Waals surface area contributed by atoms with Crippen LogP contribution in [0.25, 0.3) is 0 Å². The lowest BCUT2D eigenvalue weighted by atomic mass is 9.93. The summed E-state index contributed by atoms with van der Waals surface area (Å²) in [5.74, 6) is 0. The van der Waals surface area contributed by atoms with Gasteiger partial charge in [0, 0.05) is 17.6 Å². The second-order valence-electron chi connectivity index (χ2n) is 5.28. The molecule has 0 radical (unpaired) electrons. The summed E-state index contributed by atoms with van der Waals surface area (Å²) in [5, 5.41) is 15.9. The molecule has 0 bridgehead atoms. The van der Waals surface area contributed by atoms with Crippen molar-refractivity contribution in [2.45, 2.75) is 44.2 Å². The van der Waals surface area contributed by atoms with Gasteiger partial charge in [0.1, 0.15) is 0 Å². The molecule has 0 saturated heterocycles. The summed E-state index contributed by atoms with van der Waals surface area (Å²) in [5.41, 5.74) is 1.15. The van der Waals surface area contributed by atoms with E-state index in [4.69, 9.17) is 11.6 Å². The molecule has 4 nitrogen and oxygen atoms in total. The Bertz CT molecular complexity index is 428. The number of amides is 2. The quantitative estimate of drug-likeness (QED) is 0.799. The molecular formula is C15H21ClN2O2. The predicted octanol–water partition coefficient (Wildman–Crippen LogP) is 2.49. The van der Waals surface area contributed by atoms with Gasteiger partial charge < -0.3 is 15.7 Å². The van der Waals surface area contributed by atoms with Crippen LogP contribution in [-0.4, -0.2) is 29.8 Å². The number of hydrogen-bond donors (Lipinski definition) is 3. The van der Waals surface area contributed by atoms with Crippen molar-refractivity contribution in [1.82, 2.24) is 10.6 Å². The SMILES string of the molecule is O=C(NCCc1ccc(Cl)cc1)NC1CCC(O)CC1. The minimum absolute atomic E-state index is 0.125. The molecule has 0 unspecified atom stereocenters. The molecular weight excluding hydrogens is 276 g/mol. The van der Waals surface area contributed by atoms with Gasteiger partial charge in [0.2, 0.25) is 0 Å². The molecule has 3 N–H and O–H groups in total. The molecule has 110 valence electrons. The zero-order valence-electron chi connectivity index (χ0n) is 11.4. The Morgan fingerprint density at radius 2 is 1.85 bits per heavy atom. The molecule has 1 aromatic rings. The molecule has 2 amide bonds. The van der Waals surface area contributed by atoms with E-state index in [9.17, 15) is 9.90 Å². The van der Waals surface area contributed by atoms with Gasteiger partial charge in [-0.05, 0) is 49.8 Å². The Morgan fingerprint density at radius 1 is 1.20 bits per heavy atom. The van der Waals surface area contributed by atoms with Crippen molar-refractivity contribution >= 4 is 17.6 Å².